The van der Waals surface area contributed by atoms with Crippen LogP contribution in [0.5, 0.6) is 0 Å². The van der Waals surface area contributed by atoms with Crippen LogP contribution in [0.4, 0.5) is 5.69 Å². The number of amides is 1. The Balaban J connectivity index is 2.96. The average molecular weight is 270 g/mol. The molecule has 0 radical (unpaired) electrons. The molecule has 15 heavy (non-hydrogen) atoms. The molecule has 0 aliphatic heterocycles. The van der Waals surface area contributed by atoms with Crippen molar-refractivity contribution in [2.75, 3.05) is 5.32 Å². The molecule has 1 rings (SSSR count). The molecule has 2 nitrogen and oxygen atoms in total. The maximum atomic E-state index is 11.5. The molecule has 0 aliphatic carbocycles. The maximum Gasteiger partial charge on any atom is 0.226 e. The molecule has 0 saturated carbocycles. The van der Waals surface area contributed by atoms with Crippen LogP contribution < -0.4 is 5.32 Å². The molecule has 0 aliphatic rings. The van der Waals surface area contributed by atoms with Crippen molar-refractivity contribution in [2.45, 2.75) is 27.7 Å². The average Bonchev–Trinajstić information content (AvgIpc) is 2.13. The molecule has 1 aromatic carbocycles. The van der Waals surface area contributed by atoms with E-state index in [0.717, 1.165) is 10.2 Å². The highest BCUT2D eigenvalue weighted by atomic mass is 79.9. The number of nitrogens with one attached hydrogen (secondary N) is 1. The predicted octanol–water partition coefficient (Wildman–Crippen LogP) is 3.66. The van der Waals surface area contributed by atoms with Crippen molar-refractivity contribution in [2.24, 2.45) is 5.92 Å². The van der Waals surface area contributed by atoms with Crippen molar-refractivity contribution in [3.63, 3.8) is 0 Å². The largest absolute Gasteiger partial charge is 0.325 e. The fourth-order valence-corrected chi connectivity index (χ4v) is 1.71. The topological polar surface area (TPSA) is 29.1 Å². The van der Waals surface area contributed by atoms with E-state index < -0.39 is 0 Å². The second kappa shape index (κ2) is 4.79. The van der Waals surface area contributed by atoms with Gasteiger partial charge in [-0.25, -0.2) is 0 Å². The van der Waals surface area contributed by atoms with Crippen molar-refractivity contribution < 1.29 is 4.79 Å². The first-order chi connectivity index (χ1) is 6.91. The summed E-state index contributed by atoms with van der Waals surface area (Å²) < 4.78 is 0.930. The van der Waals surface area contributed by atoms with Gasteiger partial charge in [0.1, 0.15) is 0 Å². The first kappa shape index (κ1) is 12.2. The lowest BCUT2D eigenvalue weighted by Crippen LogP contribution is -2.18. The molecule has 3 heteroatoms. The molecule has 0 spiro atoms. The summed E-state index contributed by atoms with van der Waals surface area (Å²) in [7, 11) is 0. The van der Waals surface area contributed by atoms with Crippen LogP contribution in [0, 0.1) is 19.8 Å². The van der Waals surface area contributed by atoms with Gasteiger partial charge < -0.3 is 5.32 Å². The number of aryl methyl sites for hydroxylation is 2. The van der Waals surface area contributed by atoms with Gasteiger partial charge in [0.2, 0.25) is 5.91 Å². The molecule has 1 aromatic rings. The zero-order valence-electron chi connectivity index (χ0n) is 9.52. The van der Waals surface area contributed by atoms with Gasteiger partial charge in [-0.05, 0) is 53.0 Å². The number of hydrogen-bond acceptors (Lipinski definition) is 1. The Morgan fingerprint density at radius 3 is 2.33 bits per heavy atom. The zero-order chi connectivity index (χ0) is 11.6. The molecule has 82 valence electrons. The molecule has 0 heterocycles. The molecule has 0 bridgehead atoms. The van der Waals surface area contributed by atoms with Crippen LogP contribution >= 0.6 is 15.9 Å². The fourth-order valence-electron chi connectivity index (χ4n) is 1.15. The van der Waals surface area contributed by atoms with Gasteiger partial charge in [-0.15, -0.1) is 0 Å². The van der Waals surface area contributed by atoms with Crippen molar-refractivity contribution in [1.82, 2.24) is 0 Å². The van der Waals surface area contributed by atoms with Crippen molar-refractivity contribution in [3.8, 4) is 0 Å². The van der Waals surface area contributed by atoms with Gasteiger partial charge in [-0.2, -0.15) is 0 Å². The Kier molecular flexibility index (Phi) is 3.91. The van der Waals surface area contributed by atoms with Crippen LogP contribution in [-0.2, 0) is 4.79 Å². The van der Waals surface area contributed by atoms with Crippen LogP contribution in [0.2, 0.25) is 0 Å². The van der Waals surface area contributed by atoms with E-state index in [9.17, 15) is 4.79 Å². The van der Waals surface area contributed by atoms with E-state index in [1.165, 1.54) is 11.1 Å². The number of anilines is 1. The quantitative estimate of drug-likeness (QED) is 0.873. The fraction of sp³-hybridized carbons (Fsp3) is 0.417. The van der Waals surface area contributed by atoms with Gasteiger partial charge in [0.25, 0.3) is 0 Å². The molecule has 0 aromatic heterocycles. The van der Waals surface area contributed by atoms with Crippen LogP contribution in [0.1, 0.15) is 25.0 Å². The van der Waals surface area contributed by atoms with Crippen molar-refractivity contribution in [1.29, 1.82) is 0 Å². The molecular weight excluding hydrogens is 254 g/mol. The lowest BCUT2D eigenvalue weighted by atomic mass is 10.1. The molecular formula is C12H16BrNO. The van der Waals surface area contributed by atoms with E-state index >= 15 is 0 Å². The Morgan fingerprint density at radius 1 is 1.27 bits per heavy atom. The number of rotatable bonds is 2. The summed E-state index contributed by atoms with van der Waals surface area (Å²) in [6.45, 7) is 7.84. The van der Waals surface area contributed by atoms with Gasteiger partial charge in [-0.3, -0.25) is 4.79 Å². The van der Waals surface area contributed by atoms with Gasteiger partial charge in [0.05, 0.1) is 5.69 Å². The minimum Gasteiger partial charge on any atom is -0.325 e. The number of carbonyl (C=O) groups is 1. The Labute approximate surface area is 99.2 Å². The minimum absolute atomic E-state index is 0.00138. The minimum atomic E-state index is -0.00138. The van der Waals surface area contributed by atoms with E-state index in [4.69, 9.17) is 0 Å². The van der Waals surface area contributed by atoms with E-state index in [2.05, 4.69) is 21.2 Å². The summed E-state index contributed by atoms with van der Waals surface area (Å²) in [5.74, 6) is 0.0393. The molecule has 0 saturated heterocycles. The standard InChI is InChI=1S/C12H16BrNO/c1-7(2)12(15)14-11-6-9(4)8(3)5-10(11)13/h5-7H,1-4H3,(H,14,15). The van der Waals surface area contributed by atoms with Crippen molar-refractivity contribution in [3.05, 3.63) is 27.7 Å². The number of hydrogen-bond donors (Lipinski definition) is 1. The SMILES string of the molecule is Cc1cc(Br)c(NC(=O)C(C)C)cc1C. The predicted molar refractivity (Wildman–Crippen MR) is 67.1 cm³/mol. The van der Waals surface area contributed by atoms with Gasteiger partial charge in [0, 0.05) is 10.4 Å². The molecule has 1 amide bonds. The zero-order valence-corrected chi connectivity index (χ0v) is 11.1. The highest BCUT2D eigenvalue weighted by Crippen LogP contribution is 2.26. The lowest BCUT2D eigenvalue weighted by molar-refractivity contribution is -0.118. The summed E-state index contributed by atoms with van der Waals surface area (Å²) >= 11 is 3.44. The van der Waals surface area contributed by atoms with Crippen molar-refractivity contribution >= 4 is 27.5 Å². The number of benzene rings is 1. The molecule has 1 N–H and O–H groups in total. The van der Waals surface area contributed by atoms with Crippen LogP contribution in [0.25, 0.3) is 0 Å². The van der Waals surface area contributed by atoms with E-state index in [1.807, 2.05) is 39.8 Å². The normalized spacial score (nSPS) is 10.5. The van der Waals surface area contributed by atoms with Crippen LogP contribution in [-0.4, -0.2) is 5.91 Å². The summed E-state index contributed by atoms with van der Waals surface area (Å²) in [5.41, 5.74) is 3.23. The molecule has 0 unspecified atom stereocenters. The van der Waals surface area contributed by atoms with Gasteiger partial charge in [0.15, 0.2) is 0 Å². The second-order valence-electron chi connectivity index (χ2n) is 4.06. The number of halogens is 1. The van der Waals surface area contributed by atoms with E-state index in [0.29, 0.717) is 0 Å². The molecule has 0 fully saturated rings. The number of carbonyl (C=O) groups excluding carboxylic acids is 1. The Bertz CT molecular complexity index is 385. The van der Waals surface area contributed by atoms with E-state index in [1.54, 1.807) is 0 Å². The summed E-state index contributed by atoms with van der Waals surface area (Å²) in [4.78, 5) is 11.5. The third kappa shape index (κ3) is 3.06. The third-order valence-electron chi connectivity index (χ3n) is 2.37. The van der Waals surface area contributed by atoms with Crippen LogP contribution in [0.3, 0.4) is 0 Å². The maximum absolute atomic E-state index is 11.5. The Morgan fingerprint density at radius 2 is 1.80 bits per heavy atom. The first-order valence-corrected chi connectivity index (χ1v) is 5.78. The smallest absolute Gasteiger partial charge is 0.226 e. The highest BCUT2D eigenvalue weighted by molar-refractivity contribution is 9.10. The molecule has 0 atom stereocenters. The van der Waals surface area contributed by atoms with E-state index in [-0.39, 0.29) is 11.8 Å². The second-order valence-corrected chi connectivity index (χ2v) is 4.91. The lowest BCUT2D eigenvalue weighted by Gasteiger charge is -2.11. The van der Waals surface area contributed by atoms with Gasteiger partial charge in [-0.1, -0.05) is 13.8 Å². The highest BCUT2D eigenvalue weighted by Gasteiger charge is 2.10. The first-order valence-electron chi connectivity index (χ1n) is 4.99. The summed E-state index contributed by atoms with van der Waals surface area (Å²) in [6, 6.07) is 4.00. The summed E-state index contributed by atoms with van der Waals surface area (Å²) in [5, 5.41) is 2.89. The monoisotopic (exact) mass is 269 g/mol. The Hall–Kier alpha value is -0.830. The van der Waals surface area contributed by atoms with Gasteiger partial charge >= 0.3 is 0 Å². The third-order valence-corrected chi connectivity index (χ3v) is 3.02. The van der Waals surface area contributed by atoms with Crippen LogP contribution in [0.15, 0.2) is 16.6 Å². The summed E-state index contributed by atoms with van der Waals surface area (Å²) in [6.07, 6.45) is 0.